The van der Waals surface area contributed by atoms with Gasteiger partial charge in [-0.3, -0.25) is 4.79 Å². The summed E-state index contributed by atoms with van der Waals surface area (Å²) in [6, 6.07) is 3.74. The number of ketones is 1. The van der Waals surface area contributed by atoms with E-state index in [4.69, 9.17) is 25.8 Å². The fraction of sp³-hybridized carbons (Fsp3) is 0.562. The second-order valence-corrected chi connectivity index (χ2v) is 6.00. The van der Waals surface area contributed by atoms with Crippen molar-refractivity contribution in [2.45, 2.75) is 31.3 Å². The van der Waals surface area contributed by atoms with Crippen LogP contribution >= 0.6 is 11.6 Å². The number of ether oxygens (including phenoxy) is 3. The summed E-state index contributed by atoms with van der Waals surface area (Å²) in [5.41, 5.74) is 1.22. The van der Waals surface area contributed by atoms with Crippen molar-refractivity contribution < 1.29 is 19.0 Å². The molecule has 0 N–H and O–H groups in total. The molecule has 2 heterocycles. The normalized spacial score (nSPS) is 19.9. The second-order valence-electron chi connectivity index (χ2n) is 5.56. The highest BCUT2D eigenvalue weighted by molar-refractivity contribution is 6.30. The second kappa shape index (κ2) is 5.95. The molecule has 0 aromatic heterocycles. The first-order valence-electron chi connectivity index (χ1n) is 7.25. The van der Waals surface area contributed by atoms with Crippen LogP contribution in [0.4, 0.5) is 0 Å². The van der Waals surface area contributed by atoms with Gasteiger partial charge in [0.25, 0.3) is 0 Å². The Bertz CT molecular complexity index is 549. The van der Waals surface area contributed by atoms with Gasteiger partial charge in [-0.1, -0.05) is 11.6 Å². The summed E-state index contributed by atoms with van der Waals surface area (Å²) in [4.78, 5) is 12.8. The van der Waals surface area contributed by atoms with E-state index in [2.05, 4.69) is 0 Å². The molecule has 114 valence electrons. The van der Waals surface area contributed by atoms with Crippen molar-refractivity contribution in [3.8, 4) is 5.75 Å². The maximum Gasteiger partial charge on any atom is 0.169 e. The van der Waals surface area contributed by atoms with E-state index in [-0.39, 0.29) is 12.2 Å². The van der Waals surface area contributed by atoms with Crippen molar-refractivity contribution in [1.82, 2.24) is 0 Å². The van der Waals surface area contributed by atoms with Crippen molar-refractivity contribution >= 4 is 17.4 Å². The average Bonchev–Trinajstić information content (AvgIpc) is 2.96. The third-order valence-electron chi connectivity index (χ3n) is 4.38. The first-order chi connectivity index (χ1) is 10.1. The summed E-state index contributed by atoms with van der Waals surface area (Å²) in [6.07, 6.45) is 2.34. The van der Waals surface area contributed by atoms with Gasteiger partial charge in [0.05, 0.1) is 6.61 Å². The Morgan fingerprint density at radius 1 is 1.33 bits per heavy atom. The van der Waals surface area contributed by atoms with Crippen molar-refractivity contribution in [1.29, 1.82) is 0 Å². The van der Waals surface area contributed by atoms with Crippen LogP contribution in [-0.4, -0.2) is 38.3 Å². The number of carbonyl (C=O) groups is 1. The molecule has 0 bridgehead atoms. The minimum atomic E-state index is -0.730. The van der Waals surface area contributed by atoms with Crippen LogP contribution in [0.5, 0.6) is 5.75 Å². The van der Waals surface area contributed by atoms with Gasteiger partial charge in [-0.2, -0.15) is 0 Å². The van der Waals surface area contributed by atoms with Gasteiger partial charge in [0, 0.05) is 56.6 Å². The molecule has 2 aliphatic heterocycles. The van der Waals surface area contributed by atoms with E-state index in [1.807, 2.05) is 12.1 Å². The molecular weight excluding hydrogens is 292 g/mol. The molecule has 0 unspecified atom stereocenters. The van der Waals surface area contributed by atoms with Crippen LogP contribution in [0, 0.1) is 0 Å². The van der Waals surface area contributed by atoms with Crippen LogP contribution in [0.15, 0.2) is 12.1 Å². The summed E-state index contributed by atoms with van der Waals surface area (Å²) >= 11 is 6.15. The molecule has 0 spiro atoms. The Balaban J connectivity index is 1.84. The molecule has 0 aliphatic carbocycles. The molecule has 4 nitrogen and oxygen atoms in total. The maximum atomic E-state index is 12.8. The highest BCUT2D eigenvalue weighted by Gasteiger charge is 2.40. The van der Waals surface area contributed by atoms with Crippen LogP contribution < -0.4 is 4.74 Å². The van der Waals surface area contributed by atoms with Gasteiger partial charge in [0.15, 0.2) is 5.78 Å². The predicted octanol–water partition coefficient (Wildman–Crippen LogP) is 2.58. The van der Waals surface area contributed by atoms with Crippen molar-refractivity contribution in [2.75, 3.05) is 26.9 Å². The largest absolute Gasteiger partial charge is 0.493 e. The molecule has 2 aliphatic rings. The highest BCUT2D eigenvalue weighted by atomic mass is 35.5. The maximum absolute atomic E-state index is 12.8. The van der Waals surface area contributed by atoms with Gasteiger partial charge < -0.3 is 14.2 Å². The zero-order chi connectivity index (χ0) is 14.9. The van der Waals surface area contributed by atoms with Crippen LogP contribution in [0.25, 0.3) is 0 Å². The zero-order valence-corrected chi connectivity index (χ0v) is 12.9. The minimum Gasteiger partial charge on any atom is -0.493 e. The lowest BCUT2D eigenvalue weighted by Gasteiger charge is -2.34. The first kappa shape index (κ1) is 14.8. The van der Waals surface area contributed by atoms with Gasteiger partial charge in [-0.05, 0) is 17.7 Å². The molecule has 1 aromatic rings. The van der Waals surface area contributed by atoms with Gasteiger partial charge in [0.1, 0.15) is 11.4 Å². The lowest BCUT2D eigenvalue weighted by atomic mass is 9.85. The molecule has 5 heteroatoms. The zero-order valence-electron chi connectivity index (χ0n) is 12.1. The van der Waals surface area contributed by atoms with E-state index < -0.39 is 5.60 Å². The van der Waals surface area contributed by atoms with E-state index in [0.717, 1.165) is 23.3 Å². The van der Waals surface area contributed by atoms with E-state index >= 15 is 0 Å². The number of halogens is 1. The molecule has 0 radical (unpaired) electrons. The quantitative estimate of drug-likeness (QED) is 0.857. The van der Waals surface area contributed by atoms with Crippen LogP contribution in [0.3, 0.4) is 0 Å². The number of methoxy groups -OCH3 is 1. The van der Waals surface area contributed by atoms with Crippen molar-refractivity contribution in [3.63, 3.8) is 0 Å². The Morgan fingerprint density at radius 3 is 2.81 bits per heavy atom. The summed E-state index contributed by atoms with van der Waals surface area (Å²) in [5, 5.41) is 0.653. The highest BCUT2D eigenvalue weighted by Crippen LogP contribution is 2.35. The van der Waals surface area contributed by atoms with Crippen molar-refractivity contribution in [2.24, 2.45) is 0 Å². The summed E-state index contributed by atoms with van der Waals surface area (Å²) in [6.45, 7) is 1.77. The molecule has 3 rings (SSSR count). The number of benzene rings is 1. The number of hydrogen-bond donors (Lipinski definition) is 0. The minimum absolute atomic E-state index is 0.0771. The Kier molecular flexibility index (Phi) is 4.20. The van der Waals surface area contributed by atoms with Crippen LogP contribution in [0.2, 0.25) is 5.02 Å². The van der Waals surface area contributed by atoms with Gasteiger partial charge >= 0.3 is 0 Å². The lowest BCUT2D eigenvalue weighted by Crippen LogP contribution is -2.46. The summed E-state index contributed by atoms with van der Waals surface area (Å²) < 4.78 is 16.6. The molecule has 1 saturated heterocycles. The Hall–Kier alpha value is -1.10. The Morgan fingerprint density at radius 2 is 2.10 bits per heavy atom. The van der Waals surface area contributed by atoms with Crippen LogP contribution in [0.1, 0.15) is 24.0 Å². The Labute approximate surface area is 129 Å². The third kappa shape index (κ3) is 2.80. The third-order valence-corrected chi connectivity index (χ3v) is 4.59. The molecule has 1 aromatic carbocycles. The average molecular weight is 311 g/mol. The monoisotopic (exact) mass is 310 g/mol. The SMILES string of the molecule is COC1(C(=O)Cc2cc(Cl)cc3c2OCC3)CCOCC1. The number of Topliss-reactive ketones (excluding diaryl/α,β-unsaturated/α-hetero) is 1. The van der Waals surface area contributed by atoms with E-state index in [0.29, 0.717) is 37.7 Å². The van der Waals surface area contributed by atoms with Gasteiger partial charge in [-0.25, -0.2) is 0 Å². The van der Waals surface area contributed by atoms with E-state index in [9.17, 15) is 4.79 Å². The molecular formula is C16H19ClO4. The number of carbonyl (C=O) groups excluding carboxylic acids is 1. The number of fused-ring (bicyclic) bond motifs is 1. The number of rotatable bonds is 4. The topological polar surface area (TPSA) is 44.8 Å². The predicted molar refractivity (Wildman–Crippen MR) is 79.2 cm³/mol. The van der Waals surface area contributed by atoms with Crippen LogP contribution in [-0.2, 0) is 27.1 Å². The van der Waals surface area contributed by atoms with E-state index in [1.54, 1.807) is 7.11 Å². The molecule has 21 heavy (non-hydrogen) atoms. The lowest BCUT2D eigenvalue weighted by molar-refractivity contribution is -0.152. The molecule has 0 saturated carbocycles. The summed E-state index contributed by atoms with van der Waals surface area (Å²) in [5.74, 6) is 0.902. The number of hydrogen-bond acceptors (Lipinski definition) is 4. The first-order valence-corrected chi connectivity index (χ1v) is 7.63. The van der Waals surface area contributed by atoms with E-state index in [1.165, 1.54) is 0 Å². The molecule has 0 amide bonds. The summed E-state index contributed by atoms with van der Waals surface area (Å²) in [7, 11) is 1.60. The molecule has 1 fully saturated rings. The van der Waals surface area contributed by atoms with Crippen molar-refractivity contribution in [3.05, 3.63) is 28.3 Å². The van der Waals surface area contributed by atoms with Gasteiger partial charge in [-0.15, -0.1) is 0 Å². The standard InChI is InChI=1S/C16H19ClO4/c1-19-16(3-6-20-7-4-16)14(18)10-12-9-13(17)8-11-2-5-21-15(11)12/h8-9H,2-7,10H2,1H3. The molecule has 0 atom stereocenters. The fourth-order valence-electron chi connectivity index (χ4n) is 3.11. The smallest absolute Gasteiger partial charge is 0.169 e. The fourth-order valence-corrected chi connectivity index (χ4v) is 3.37. The van der Waals surface area contributed by atoms with Gasteiger partial charge in [0.2, 0.25) is 0 Å².